The van der Waals surface area contributed by atoms with Crippen LogP contribution in [0, 0.1) is 12.7 Å². The van der Waals surface area contributed by atoms with E-state index in [1.165, 1.54) is 35.9 Å². The van der Waals surface area contributed by atoms with Crippen LogP contribution in [-0.4, -0.2) is 32.7 Å². The van der Waals surface area contributed by atoms with Gasteiger partial charge < -0.3 is 19.4 Å². The monoisotopic (exact) mass is 433 g/mol. The molecule has 0 bridgehead atoms. The highest BCUT2D eigenvalue weighted by atomic mass is 35.5. The number of hydrogen-bond acceptors (Lipinski definition) is 5. The maximum Gasteiger partial charge on any atom is 0.306 e. The first-order chi connectivity index (χ1) is 14.3. The number of halogens is 2. The van der Waals surface area contributed by atoms with E-state index in [1.54, 1.807) is 19.4 Å². The maximum absolute atomic E-state index is 14.8. The molecule has 3 rings (SSSR count). The maximum atomic E-state index is 14.8. The van der Waals surface area contributed by atoms with Crippen molar-refractivity contribution in [1.29, 1.82) is 0 Å². The molecule has 0 fully saturated rings. The summed E-state index contributed by atoms with van der Waals surface area (Å²) >= 11 is 5.91. The standard InChI is InChI=1S/C21H21ClFN3O4/c1-12-8-17(27)19(21(29)26(12)7-6-13-10-24-11-25-13)15(9-18(28)30-2)14-4-3-5-16(22)20(14)23/h3-5,8,10-11,15,27H,6-7,9H2,1-2H3,(H,24,25)/t15-/m0/s1. The normalized spacial score (nSPS) is 12.0. The molecule has 0 spiro atoms. The topological polar surface area (TPSA) is 97.2 Å². The van der Waals surface area contributed by atoms with Gasteiger partial charge in [-0.2, -0.15) is 0 Å². The molecule has 7 nitrogen and oxygen atoms in total. The summed E-state index contributed by atoms with van der Waals surface area (Å²) < 4.78 is 21.0. The van der Waals surface area contributed by atoms with Crippen molar-refractivity contribution >= 4 is 17.6 Å². The number of benzene rings is 1. The van der Waals surface area contributed by atoms with Gasteiger partial charge in [0.1, 0.15) is 11.6 Å². The zero-order valence-electron chi connectivity index (χ0n) is 16.5. The molecule has 9 heteroatoms. The molecule has 2 N–H and O–H groups in total. The third-order valence-corrected chi connectivity index (χ3v) is 5.28. The third-order valence-electron chi connectivity index (χ3n) is 4.99. The van der Waals surface area contributed by atoms with Gasteiger partial charge in [0, 0.05) is 36.5 Å². The highest BCUT2D eigenvalue weighted by Crippen LogP contribution is 2.35. The first kappa shape index (κ1) is 21.6. The lowest BCUT2D eigenvalue weighted by molar-refractivity contribution is -0.140. The lowest BCUT2D eigenvalue weighted by Gasteiger charge is -2.21. The predicted octanol–water partition coefficient (Wildman–Crippen LogP) is 3.32. The van der Waals surface area contributed by atoms with Crippen LogP contribution in [0.1, 0.15) is 34.9 Å². The Kier molecular flexibility index (Phi) is 6.56. The second-order valence-corrected chi connectivity index (χ2v) is 7.25. The molecule has 1 aromatic carbocycles. The van der Waals surface area contributed by atoms with E-state index in [0.717, 1.165) is 5.69 Å². The van der Waals surface area contributed by atoms with E-state index in [0.29, 0.717) is 18.7 Å². The Morgan fingerprint density at radius 2 is 2.20 bits per heavy atom. The Labute approximate surface area is 177 Å². The summed E-state index contributed by atoms with van der Waals surface area (Å²) in [7, 11) is 1.20. The number of H-pyrrole nitrogens is 1. The number of nitrogens with one attached hydrogen (secondary N) is 1. The largest absolute Gasteiger partial charge is 0.507 e. The van der Waals surface area contributed by atoms with E-state index < -0.39 is 23.3 Å². The molecule has 0 amide bonds. The highest BCUT2D eigenvalue weighted by Gasteiger charge is 2.29. The van der Waals surface area contributed by atoms with Gasteiger partial charge in [0.05, 0.1) is 30.4 Å². The Morgan fingerprint density at radius 1 is 1.43 bits per heavy atom. The molecule has 158 valence electrons. The first-order valence-electron chi connectivity index (χ1n) is 9.24. The average Bonchev–Trinajstić information content (AvgIpc) is 3.22. The molecular formula is C21H21ClFN3O4. The van der Waals surface area contributed by atoms with Gasteiger partial charge in [-0.15, -0.1) is 0 Å². The Balaban J connectivity index is 2.12. The second-order valence-electron chi connectivity index (χ2n) is 6.84. The number of aromatic nitrogens is 3. The van der Waals surface area contributed by atoms with Crippen LogP contribution >= 0.6 is 11.6 Å². The van der Waals surface area contributed by atoms with Crippen LogP contribution < -0.4 is 5.56 Å². The average molecular weight is 434 g/mol. The number of hydrogen-bond donors (Lipinski definition) is 2. The molecule has 0 aliphatic carbocycles. The van der Waals surface area contributed by atoms with E-state index in [-0.39, 0.29) is 28.3 Å². The fourth-order valence-electron chi connectivity index (χ4n) is 3.43. The summed E-state index contributed by atoms with van der Waals surface area (Å²) in [6.45, 7) is 2.00. The second kappa shape index (κ2) is 9.13. The number of esters is 1. The van der Waals surface area contributed by atoms with E-state index >= 15 is 0 Å². The quantitative estimate of drug-likeness (QED) is 0.557. The minimum Gasteiger partial charge on any atom is -0.507 e. The van der Waals surface area contributed by atoms with Crippen molar-refractivity contribution in [2.75, 3.05) is 7.11 Å². The van der Waals surface area contributed by atoms with Crippen molar-refractivity contribution in [1.82, 2.24) is 14.5 Å². The molecule has 2 heterocycles. The Hall–Kier alpha value is -3.13. The smallest absolute Gasteiger partial charge is 0.306 e. The molecule has 0 aliphatic rings. The number of aromatic hydroxyl groups is 1. The molecule has 0 saturated heterocycles. The fraction of sp³-hybridized carbons (Fsp3) is 0.286. The van der Waals surface area contributed by atoms with Crippen molar-refractivity contribution in [3.63, 3.8) is 0 Å². The van der Waals surface area contributed by atoms with E-state index in [2.05, 4.69) is 9.97 Å². The lowest BCUT2D eigenvalue weighted by atomic mass is 9.88. The number of ether oxygens (including phenoxy) is 1. The number of aryl methyl sites for hydroxylation is 2. The molecule has 3 aromatic rings. The van der Waals surface area contributed by atoms with Gasteiger partial charge in [0.25, 0.3) is 5.56 Å². The fourth-order valence-corrected chi connectivity index (χ4v) is 3.62. The zero-order chi connectivity index (χ0) is 21.8. The van der Waals surface area contributed by atoms with Crippen molar-refractivity contribution < 1.29 is 19.0 Å². The highest BCUT2D eigenvalue weighted by molar-refractivity contribution is 6.30. The van der Waals surface area contributed by atoms with Crippen molar-refractivity contribution in [3.05, 3.63) is 80.5 Å². The molecule has 2 aromatic heterocycles. The molecule has 0 radical (unpaired) electrons. The number of pyridine rings is 1. The molecule has 0 unspecified atom stereocenters. The van der Waals surface area contributed by atoms with Crippen molar-refractivity contribution in [3.8, 4) is 5.75 Å². The van der Waals surface area contributed by atoms with Gasteiger partial charge in [-0.25, -0.2) is 9.37 Å². The number of carbonyl (C=O) groups is 1. The van der Waals surface area contributed by atoms with Gasteiger partial charge >= 0.3 is 5.97 Å². The van der Waals surface area contributed by atoms with Crippen LogP contribution in [0.4, 0.5) is 4.39 Å². The van der Waals surface area contributed by atoms with Crippen molar-refractivity contribution in [2.24, 2.45) is 0 Å². The van der Waals surface area contributed by atoms with Crippen molar-refractivity contribution in [2.45, 2.75) is 32.2 Å². The van der Waals surface area contributed by atoms with Crippen LogP contribution in [0.25, 0.3) is 0 Å². The van der Waals surface area contributed by atoms with Crippen LogP contribution in [0.15, 0.2) is 41.6 Å². The Morgan fingerprint density at radius 3 is 2.87 bits per heavy atom. The summed E-state index contributed by atoms with van der Waals surface area (Å²) in [6.07, 6.45) is 3.36. The first-order valence-corrected chi connectivity index (χ1v) is 9.62. The van der Waals surface area contributed by atoms with Gasteiger partial charge in [0.2, 0.25) is 0 Å². The third kappa shape index (κ3) is 4.38. The summed E-state index contributed by atoms with van der Waals surface area (Å²) in [4.78, 5) is 32.3. The van der Waals surface area contributed by atoms with E-state index in [1.807, 2.05) is 0 Å². The van der Waals surface area contributed by atoms with Gasteiger partial charge in [-0.05, 0) is 24.6 Å². The number of aromatic amines is 1. The lowest BCUT2D eigenvalue weighted by Crippen LogP contribution is -2.29. The van der Waals surface area contributed by atoms with Gasteiger partial charge in [0.15, 0.2) is 0 Å². The van der Waals surface area contributed by atoms with Crippen LogP contribution in [0.3, 0.4) is 0 Å². The van der Waals surface area contributed by atoms with Crippen LogP contribution in [-0.2, 0) is 22.5 Å². The SMILES string of the molecule is COC(=O)C[C@@H](c1cccc(Cl)c1F)c1c(O)cc(C)n(CCc2cnc[nH]2)c1=O. The number of carbonyl (C=O) groups excluding carboxylic acids is 1. The molecule has 0 aliphatic heterocycles. The number of methoxy groups -OCH3 is 1. The number of nitrogens with zero attached hydrogens (tertiary/aromatic N) is 2. The molecule has 30 heavy (non-hydrogen) atoms. The van der Waals surface area contributed by atoms with E-state index in [9.17, 15) is 19.1 Å². The molecule has 1 atom stereocenters. The Bertz CT molecular complexity index is 1110. The minimum absolute atomic E-state index is 0.0317. The molecule has 0 saturated carbocycles. The van der Waals surface area contributed by atoms with Gasteiger partial charge in [-0.1, -0.05) is 23.7 Å². The molecular weight excluding hydrogens is 413 g/mol. The number of imidazole rings is 1. The summed E-state index contributed by atoms with van der Waals surface area (Å²) in [6, 6.07) is 5.75. The van der Waals surface area contributed by atoms with E-state index in [4.69, 9.17) is 16.3 Å². The minimum atomic E-state index is -1.07. The predicted molar refractivity (Wildman–Crippen MR) is 109 cm³/mol. The zero-order valence-corrected chi connectivity index (χ0v) is 17.2. The summed E-state index contributed by atoms with van der Waals surface area (Å²) in [5.74, 6) is -2.79. The van der Waals surface area contributed by atoms with Crippen LogP contribution in [0.2, 0.25) is 5.02 Å². The van der Waals surface area contributed by atoms with Gasteiger partial charge in [-0.3, -0.25) is 9.59 Å². The number of rotatable bonds is 7. The summed E-state index contributed by atoms with van der Waals surface area (Å²) in [5, 5.41) is 10.4. The summed E-state index contributed by atoms with van der Waals surface area (Å²) in [5.41, 5.74) is 0.799. The van der Waals surface area contributed by atoms with Crippen LogP contribution in [0.5, 0.6) is 5.75 Å².